The van der Waals surface area contributed by atoms with Crippen LogP contribution in [0.1, 0.15) is 32.3 Å². The second-order valence-corrected chi connectivity index (χ2v) is 13.6. The van der Waals surface area contributed by atoms with E-state index in [0.29, 0.717) is 10.6 Å². The molecule has 2 heterocycles. The van der Waals surface area contributed by atoms with Crippen LogP contribution in [0.4, 0.5) is 8.78 Å². The summed E-state index contributed by atoms with van der Waals surface area (Å²) in [7, 11) is -7.93. The molecule has 0 N–H and O–H groups in total. The zero-order chi connectivity index (χ0) is 25.6. The Kier molecular flexibility index (Phi) is 7.04. The second kappa shape index (κ2) is 9.46. The quantitative estimate of drug-likeness (QED) is 0.516. The van der Waals surface area contributed by atoms with Crippen molar-refractivity contribution >= 4 is 31.3 Å². The fourth-order valence-electron chi connectivity index (χ4n) is 5.03. The zero-order valence-electron chi connectivity index (χ0n) is 19.1. The van der Waals surface area contributed by atoms with Gasteiger partial charge in [0.2, 0.25) is 0 Å². The van der Waals surface area contributed by atoms with Gasteiger partial charge in [0.15, 0.2) is 31.2 Å². The van der Waals surface area contributed by atoms with Crippen LogP contribution in [-0.2, 0) is 29.2 Å². The van der Waals surface area contributed by atoms with Gasteiger partial charge in [0.05, 0.1) is 28.9 Å². The molecule has 0 spiro atoms. The Labute approximate surface area is 208 Å². The maximum Gasteiger partial charge on any atom is 0.189 e. The molecule has 190 valence electrons. The zero-order valence-corrected chi connectivity index (χ0v) is 21.5. The first-order valence-electron chi connectivity index (χ1n) is 11.0. The third-order valence-corrected chi connectivity index (χ3v) is 10.9. The van der Waals surface area contributed by atoms with E-state index in [-0.39, 0.29) is 42.3 Å². The molecular weight excluding hydrogens is 522 g/mol. The predicted molar refractivity (Wildman–Crippen MR) is 128 cm³/mol. The molecule has 1 saturated heterocycles. The SMILES string of the molecule is CC(C)=CS(=O)(=O)CCC1OCCC2(S(=O)(=O)c3ccc(Cl)cc3)c3c(F)ccc(F)c3OCC12. The minimum atomic E-state index is -4.35. The van der Waals surface area contributed by atoms with Gasteiger partial charge in [-0.15, -0.1) is 0 Å². The van der Waals surface area contributed by atoms with E-state index in [1.165, 1.54) is 24.3 Å². The first kappa shape index (κ1) is 26.1. The average molecular weight is 547 g/mol. The summed E-state index contributed by atoms with van der Waals surface area (Å²) in [5.41, 5.74) is 0.214. The molecule has 0 amide bonds. The predicted octanol–water partition coefficient (Wildman–Crippen LogP) is 4.81. The Morgan fingerprint density at radius 1 is 1.09 bits per heavy atom. The Balaban J connectivity index is 1.88. The molecule has 2 aliphatic rings. The van der Waals surface area contributed by atoms with Crippen LogP contribution in [0, 0.1) is 17.6 Å². The molecular formula is C24H25ClF2O6S2. The minimum absolute atomic E-state index is 0.0374. The molecule has 0 aliphatic carbocycles. The van der Waals surface area contributed by atoms with Crippen molar-refractivity contribution < 1.29 is 35.1 Å². The topological polar surface area (TPSA) is 86.7 Å². The highest BCUT2D eigenvalue weighted by molar-refractivity contribution is 7.94. The summed E-state index contributed by atoms with van der Waals surface area (Å²) in [6.07, 6.45) is -1.08. The van der Waals surface area contributed by atoms with Crippen LogP contribution < -0.4 is 4.74 Å². The lowest BCUT2D eigenvalue weighted by Crippen LogP contribution is -2.57. The summed E-state index contributed by atoms with van der Waals surface area (Å²) in [6.45, 7) is 2.93. The molecule has 35 heavy (non-hydrogen) atoms. The van der Waals surface area contributed by atoms with Gasteiger partial charge in [0.25, 0.3) is 0 Å². The van der Waals surface area contributed by atoms with Gasteiger partial charge < -0.3 is 9.47 Å². The number of hydrogen-bond acceptors (Lipinski definition) is 6. The van der Waals surface area contributed by atoms with Crippen LogP contribution in [0.3, 0.4) is 0 Å². The van der Waals surface area contributed by atoms with Gasteiger partial charge in [-0.3, -0.25) is 0 Å². The standard InChI is InChI=1S/C24H25ClF2O6S2/c1-15(2)14-34(28,29)12-9-21-18-13-33-23-20(27)8-7-19(26)22(23)24(18,10-11-32-21)35(30,31)17-5-3-16(25)4-6-17/h3-8,14,18,21H,9-13H2,1-2H3. The molecule has 0 bridgehead atoms. The normalized spacial score (nSPS) is 24.1. The lowest BCUT2D eigenvalue weighted by Gasteiger charge is -2.50. The highest BCUT2D eigenvalue weighted by Gasteiger charge is 2.61. The summed E-state index contributed by atoms with van der Waals surface area (Å²) in [4.78, 5) is -0.110. The van der Waals surface area contributed by atoms with Crippen LogP contribution >= 0.6 is 11.6 Å². The van der Waals surface area contributed by atoms with Crippen LogP contribution in [-0.4, -0.2) is 41.9 Å². The number of sulfone groups is 2. The first-order chi connectivity index (χ1) is 16.4. The number of benzene rings is 2. The van der Waals surface area contributed by atoms with E-state index in [9.17, 15) is 21.2 Å². The maximum atomic E-state index is 15.3. The lowest BCUT2D eigenvalue weighted by atomic mass is 9.75. The number of hydrogen-bond donors (Lipinski definition) is 0. The van der Waals surface area contributed by atoms with E-state index in [1.54, 1.807) is 13.8 Å². The second-order valence-electron chi connectivity index (χ2n) is 9.01. The molecule has 6 nitrogen and oxygen atoms in total. The van der Waals surface area contributed by atoms with E-state index in [4.69, 9.17) is 21.1 Å². The number of rotatable bonds is 6. The van der Waals surface area contributed by atoms with Crippen molar-refractivity contribution in [3.05, 3.63) is 69.6 Å². The van der Waals surface area contributed by atoms with Crippen molar-refractivity contribution in [3.63, 3.8) is 0 Å². The van der Waals surface area contributed by atoms with E-state index in [2.05, 4.69) is 0 Å². The lowest BCUT2D eigenvalue weighted by molar-refractivity contribution is -0.0732. The smallest absolute Gasteiger partial charge is 0.189 e. The van der Waals surface area contributed by atoms with E-state index >= 15 is 4.39 Å². The van der Waals surface area contributed by atoms with Crippen LogP contribution in [0.15, 0.2) is 52.3 Å². The third-order valence-electron chi connectivity index (χ3n) is 6.45. The van der Waals surface area contributed by atoms with E-state index in [1.807, 2.05) is 0 Å². The molecule has 3 unspecified atom stereocenters. The molecule has 4 rings (SSSR count). The monoisotopic (exact) mass is 546 g/mol. The molecule has 0 saturated carbocycles. The fourth-order valence-corrected chi connectivity index (χ4v) is 8.90. The Hall–Kier alpha value is -2.01. The van der Waals surface area contributed by atoms with Crippen LogP contribution in [0.25, 0.3) is 0 Å². The summed E-state index contributed by atoms with van der Waals surface area (Å²) in [6, 6.07) is 7.22. The number of fused-ring (bicyclic) bond motifs is 3. The van der Waals surface area contributed by atoms with Crippen molar-refractivity contribution in [2.45, 2.75) is 42.4 Å². The van der Waals surface area contributed by atoms with Gasteiger partial charge in [-0.2, -0.15) is 0 Å². The molecule has 2 aliphatic heterocycles. The minimum Gasteiger partial charge on any atom is -0.490 e. The Bertz CT molecular complexity index is 1370. The number of ether oxygens (including phenoxy) is 2. The highest BCUT2D eigenvalue weighted by Crippen LogP contribution is 2.55. The van der Waals surface area contributed by atoms with Crippen molar-refractivity contribution in [3.8, 4) is 5.75 Å². The van der Waals surface area contributed by atoms with Gasteiger partial charge in [-0.05, 0) is 63.1 Å². The molecule has 0 aromatic heterocycles. The molecule has 2 aromatic rings. The largest absolute Gasteiger partial charge is 0.490 e. The van der Waals surface area contributed by atoms with Crippen molar-refractivity contribution in [2.24, 2.45) is 5.92 Å². The average Bonchev–Trinajstić information content (AvgIpc) is 2.79. The maximum absolute atomic E-state index is 15.3. The van der Waals surface area contributed by atoms with Gasteiger partial charge in [0.1, 0.15) is 10.6 Å². The fraction of sp³-hybridized carbons (Fsp3) is 0.417. The van der Waals surface area contributed by atoms with Crippen molar-refractivity contribution in [1.82, 2.24) is 0 Å². The molecule has 1 fully saturated rings. The molecule has 3 atom stereocenters. The molecule has 0 radical (unpaired) electrons. The van der Waals surface area contributed by atoms with Gasteiger partial charge >= 0.3 is 0 Å². The van der Waals surface area contributed by atoms with Crippen molar-refractivity contribution in [1.29, 1.82) is 0 Å². The third kappa shape index (κ3) is 4.61. The number of halogens is 3. The summed E-state index contributed by atoms with van der Waals surface area (Å²) in [5.74, 6) is -3.52. The molecule has 11 heteroatoms. The first-order valence-corrected chi connectivity index (χ1v) is 14.6. The highest BCUT2D eigenvalue weighted by atomic mass is 35.5. The van der Waals surface area contributed by atoms with E-state index in [0.717, 1.165) is 17.5 Å². The van der Waals surface area contributed by atoms with E-state index < -0.39 is 53.8 Å². The summed E-state index contributed by atoms with van der Waals surface area (Å²) in [5, 5.41) is 1.46. The number of allylic oxidation sites excluding steroid dienone is 1. The van der Waals surface area contributed by atoms with Gasteiger partial charge in [0, 0.05) is 23.0 Å². The van der Waals surface area contributed by atoms with Crippen LogP contribution in [0.5, 0.6) is 5.75 Å². The van der Waals surface area contributed by atoms with Gasteiger partial charge in [-0.25, -0.2) is 25.6 Å². The van der Waals surface area contributed by atoms with Gasteiger partial charge in [-0.1, -0.05) is 17.2 Å². The van der Waals surface area contributed by atoms with Crippen molar-refractivity contribution in [2.75, 3.05) is 19.0 Å². The molecule has 2 aromatic carbocycles. The Morgan fingerprint density at radius 2 is 1.74 bits per heavy atom. The Morgan fingerprint density at radius 3 is 2.40 bits per heavy atom. The van der Waals surface area contributed by atoms with Crippen LogP contribution in [0.2, 0.25) is 5.02 Å². The summed E-state index contributed by atoms with van der Waals surface area (Å²) < 4.78 is 92.9. The summed E-state index contributed by atoms with van der Waals surface area (Å²) >= 11 is 5.95.